The van der Waals surface area contributed by atoms with Gasteiger partial charge in [0.2, 0.25) is 11.8 Å². The Morgan fingerprint density at radius 3 is 2.54 bits per heavy atom. The van der Waals surface area contributed by atoms with Crippen LogP contribution in [-0.2, 0) is 30.4 Å². The van der Waals surface area contributed by atoms with Gasteiger partial charge >= 0.3 is 0 Å². The highest BCUT2D eigenvalue weighted by atomic mass is 16.7. The highest BCUT2D eigenvalue weighted by Crippen LogP contribution is 2.28. The van der Waals surface area contributed by atoms with Crippen molar-refractivity contribution >= 4 is 11.8 Å². The molecular formula is C17H21NO6. The fraction of sp³-hybridized carbons (Fsp3) is 0.529. The molecule has 0 aromatic heterocycles. The summed E-state index contributed by atoms with van der Waals surface area (Å²) in [4.78, 5) is 23.0. The van der Waals surface area contributed by atoms with Gasteiger partial charge in [-0.25, -0.2) is 0 Å². The molecule has 0 saturated carbocycles. The summed E-state index contributed by atoms with van der Waals surface area (Å²) in [5, 5.41) is 12.7. The van der Waals surface area contributed by atoms with Crippen LogP contribution in [-0.4, -0.2) is 48.6 Å². The van der Waals surface area contributed by atoms with Crippen molar-refractivity contribution in [2.45, 2.75) is 37.8 Å². The third-order valence-corrected chi connectivity index (χ3v) is 4.29. The molecular weight excluding hydrogens is 314 g/mol. The average molecular weight is 335 g/mol. The fourth-order valence-electron chi connectivity index (χ4n) is 3.08. The lowest BCUT2D eigenvalue weighted by molar-refractivity contribution is -0.253. The molecule has 2 N–H and O–H groups in total. The largest absolute Gasteiger partial charge is 0.388 e. The van der Waals surface area contributed by atoms with Crippen LogP contribution in [0.4, 0.5) is 0 Å². The van der Waals surface area contributed by atoms with Crippen LogP contribution >= 0.6 is 0 Å². The zero-order chi connectivity index (χ0) is 16.9. The van der Waals surface area contributed by atoms with Crippen molar-refractivity contribution in [2.24, 2.45) is 5.92 Å². The highest BCUT2D eigenvalue weighted by Gasteiger charge is 2.42. The number of benzene rings is 1. The first kappa shape index (κ1) is 17.0. The third-order valence-electron chi connectivity index (χ3n) is 4.29. The lowest BCUT2D eigenvalue weighted by Crippen LogP contribution is -2.54. The number of rotatable bonds is 5. The van der Waals surface area contributed by atoms with Crippen LogP contribution in [0.3, 0.4) is 0 Å². The Morgan fingerprint density at radius 1 is 1.12 bits per heavy atom. The third kappa shape index (κ3) is 4.18. The monoisotopic (exact) mass is 335 g/mol. The summed E-state index contributed by atoms with van der Waals surface area (Å²) in [5.41, 5.74) is 1.03. The van der Waals surface area contributed by atoms with E-state index >= 15 is 0 Å². The van der Waals surface area contributed by atoms with E-state index in [2.05, 4.69) is 5.32 Å². The Kier molecular flexibility index (Phi) is 5.57. The average Bonchev–Trinajstić information content (AvgIpc) is 2.56. The smallest absolute Gasteiger partial charge is 0.226 e. The van der Waals surface area contributed by atoms with Gasteiger partial charge in [-0.1, -0.05) is 30.3 Å². The van der Waals surface area contributed by atoms with Gasteiger partial charge in [-0.15, -0.1) is 0 Å². The number of aliphatic hydroxyl groups excluding tert-OH is 1. The minimum atomic E-state index is -0.946. The summed E-state index contributed by atoms with van der Waals surface area (Å²) >= 11 is 0. The van der Waals surface area contributed by atoms with E-state index in [0.29, 0.717) is 6.61 Å². The predicted molar refractivity (Wildman–Crippen MR) is 82.6 cm³/mol. The molecule has 3 atom stereocenters. The molecule has 2 aliphatic heterocycles. The zero-order valence-corrected chi connectivity index (χ0v) is 13.2. The van der Waals surface area contributed by atoms with Gasteiger partial charge in [0, 0.05) is 18.8 Å². The van der Waals surface area contributed by atoms with Gasteiger partial charge in [0.05, 0.1) is 19.3 Å². The predicted octanol–water partition coefficient (Wildman–Crippen LogP) is 0.358. The molecule has 2 heterocycles. The summed E-state index contributed by atoms with van der Waals surface area (Å²) in [7, 11) is 0. The van der Waals surface area contributed by atoms with Crippen LogP contribution in [0.25, 0.3) is 0 Å². The highest BCUT2D eigenvalue weighted by molar-refractivity contribution is 5.97. The summed E-state index contributed by atoms with van der Waals surface area (Å²) in [6.45, 7) is 0.638. The first-order valence-electron chi connectivity index (χ1n) is 7.99. The molecule has 0 bridgehead atoms. The molecule has 1 aromatic carbocycles. The van der Waals surface area contributed by atoms with Gasteiger partial charge in [0.25, 0.3) is 0 Å². The van der Waals surface area contributed by atoms with Gasteiger partial charge in [0.15, 0.2) is 0 Å². The maximum absolute atomic E-state index is 11.5. The Morgan fingerprint density at radius 2 is 1.83 bits per heavy atom. The second-order valence-corrected chi connectivity index (χ2v) is 6.09. The summed E-state index contributed by atoms with van der Waals surface area (Å²) < 4.78 is 16.5. The van der Waals surface area contributed by atoms with E-state index < -0.39 is 18.3 Å². The molecule has 7 heteroatoms. The molecule has 2 saturated heterocycles. The number of piperidine rings is 1. The van der Waals surface area contributed by atoms with Crippen LogP contribution < -0.4 is 5.32 Å². The molecule has 2 amide bonds. The maximum atomic E-state index is 11.5. The molecule has 1 aromatic rings. The number of hydrogen-bond donors (Lipinski definition) is 2. The molecule has 2 fully saturated rings. The molecule has 2 aliphatic rings. The number of aliphatic hydroxyl groups is 1. The maximum Gasteiger partial charge on any atom is 0.226 e. The van der Waals surface area contributed by atoms with Gasteiger partial charge in [-0.3, -0.25) is 14.9 Å². The van der Waals surface area contributed by atoms with E-state index in [1.54, 1.807) is 0 Å². The number of imide groups is 1. The molecule has 0 spiro atoms. The van der Waals surface area contributed by atoms with Gasteiger partial charge in [0.1, 0.15) is 19.0 Å². The molecule has 7 nitrogen and oxygen atoms in total. The Hall–Kier alpha value is -1.80. The van der Waals surface area contributed by atoms with E-state index in [0.717, 1.165) is 5.56 Å². The van der Waals surface area contributed by atoms with Gasteiger partial charge < -0.3 is 19.3 Å². The zero-order valence-electron chi connectivity index (χ0n) is 13.2. The second kappa shape index (κ2) is 7.85. The molecule has 0 radical (unpaired) electrons. The van der Waals surface area contributed by atoms with Crippen molar-refractivity contribution in [3.63, 3.8) is 0 Å². The normalized spacial score (nSPS) is 28.6. The summed E-state index contributed by atoms with van der Waals surface area (Å²) in [6.07, 6.45) is -1.79. The lowest BCUT2D eigenvalue weighted by Gasteiger charge is -2.39. The van der Waals surface area contributed by atoms with E-state index in [4.69, 9.17) is 14.2 Å². The minimum Gasteiger partial charge on any atom is -0.388 e. The van der Waals surface area contributed by atoms with E-state index in [1.807, 2.05) is 30.3 Å². The van der Waals surface area contributed by atoms with Crippen LogP contribution in [0.1, 0.15) is 18.4 Å². The van der Waals surface area contributed by atoms with Crippen LogP contribution in [0.5, 0.6) is 0 Å². The lowest BCUT2D eigenvalue weighted by atomic mass is 9.86. The number of amides is 2. The minimum absolute atomic E-state index is 0.00734. The van der Waals surface area contributed by atoms with Crippen molar-refractivity contribution in [1.29, 1.82) is 0 Å². The van der Waals surface area contributed by atoms with Crippen molar-refractivity contribution in [1.82, 2.24) is 5.32 Å². The van der Waals surface area contributed by atoms with Gasteiger partial charge in [-0.05, 0) is 5.56 Å². The van der Waals surface area contributed by atoms with Gasteiger partial charge in [-0.2, -0.15) is 0 Å². The van der Waals surface area contributed by atoms with Crippen LogP contribution in [0.2, 0.25) is 0 Å². The first-order chi connectivity index (χ1) is 11.6. The summed E-state index contributed by atoms with van der Waals surface area (Å²) in [5.74, 6) is -1.02. The SMILES string of the molecule is O=C1CC([C@@H]2OCO[C@H](COCc3ccccc3)[C@@H]2O)CC(=O)N1. The molecule has 0 aliphatic carbocycles. The number of ether oxygens (including phenoxy) is 3. The Bertz CT molecular complexity index is 562. The topological polar surface area (TPSA) is 94.1 Å². The standard InChI is InChI=1S/C17H21NO6/c19-14-6-12(7-15(20)18-14)17-16(21)13(23-10-24-17)9-22-8-11-4-2-1-3-5-11/h1-5,12-13,16-17,21H,6-10H2,(H,18,19,20)/t13-,16+,17+/m1/s1. The molecule has 130 valence electrons. The number of carbonyl (C=O) groups excluding carboxylic acids is 2. The number of nitrogens with one attached hydrogen (secondary N) is 1. The van der Waals surface area contributed by atoms with Crippen molar-refractivity contribution in [3.05, 3.63) is 35.9 Å². The first-order valence-corrected chi connectivity index (χ1v) is 7.99. The molecule has 3 rings (SSSR count). The van der Waals surface area contributed by atoms with Crippen LogP contribution in [0.15, 0.2) is 30.3 Å². The fourth-order valence-corrected chi connectivity index (χ4v) is 3.08. The molecule has 24 heavy (non-hydrogen) atoms. The second-order valence-electron chi connectivity index (χ2n) is 6.09. The Balaban J connectivity index is 1.53. The quantitative estimate of drug-likeness (QED) is 0.755. The Labute approximate surface area is 139 Å². The van der Waals surface area contributed by atoms with Crippen LogP contribution in [0, 0.1) is 5.92 Å². The number of carbonyl (C=O) groups is 2. The number of hydrogen-bond acceptors (Lipinski definition) is 6. The molecule has 0 unspecified atom stereocenters. The summed E-state index contributed by atoms with van der Waals surface area (Å²) in [6, 6.07) is 9.70. The van der Waals surface area contributed by atoms with Crippen molar-refractivity contribution in [2.75, 3.05) is 13.4 Å². The van der Waals surface area contributed by atoms with Crippen molar-refractivity contribution in [3.8, 4) is 0 Å². The van der Waals surface area contributed by atoms with E-state index in [1.165, 1.54) is 0 Å². The van der Waals surface area contributed by atoms with E-state index in [9.17, 15) is 14.7 Å². The van der Waals surface area contributed by atoms with Crippen molar-refractivity contribution < 1.29 is 28.9 Å². The van der Waals surface area contributed by atoms with E-state index in [-0.39, 0.29) is 44.0 Å².